The summed E-state index contributed by atoms with van der Waals surface area (Å²) in [5.74, 6) is 8.19. The van der Waals surface area contributed by atoms with Crippen molar-refractivity contribution in [3.8, 4) is 23.0 Å². The number of halogens is 1. The lowest BCUT2D eigenvalue weighted by Crippen LogP contribution is -2.12. The monoisotopic (exact) mass is 451 g/mol. The number of nitrogens with zero attached hydrogens (tertiary/aromatic N) is 2. The van der Waals surface area contributed by atoms with Gasteiger partial charge in [0.1, 0.15) is 11.5 Å². The molecule has 1 aliphatic carbocycles. The number of nitrogens with one attached hydrogen (secondary N) is 1. The van der Waals surface area contributed by atoms with Crippen LogP contribution in [0.4, 0.5) is 5.82 Å². The average Bonchev–Trinajstić information content (AvgIpc) is 3.36. The normalized spacial score (nSPS) is 13.6. The highest BCUT2D eigenvalue weighted by Gasteiger charge is 2.15. The molecule has 0 atom stereocenters. The first kappa shape index (κ1) is 21.5. The third kappa shape index (κ3) is 5.18. The zero-order valence-corrected chi connectivity index (χ0v) is 19.5. The Balaban J connectivity index is 1.31. The van der Waals surface area contributed by atoms with Crippen LogP contribution < -0.4 is 5.32 Å². The van der Waals surface area contributed by atoms with Gasteiger partial charge < -0.3 is 5.32 Å². The molecule has 5 rings (SSSR count). The van der Waals surface area contributed by atoms with Gasteiger partial charge in [-0.2, -0.15) is 0 Å². The predicted molar refractivity (Wildman–Crippen MR) is 138 cm³/mol. The van der Waals surface area contributed by atoms with Crippen LogP contribution in [0.5, 0.6) is 0 Å². The number of hydrogen-bond donors (Lipinski definition) is 1. The molecule has 4 aromatic rings. The van der Waals surface area contributed by atoms with E-state index in [0.717, 1.165) is 56.6 Å². The van der Waals surface area contributed by atoms with Gasteiger partial charge in [0.15, 0.2) is 0 Å². The van der Waals surface area contributed by atoms with Gasteiger partial charge in [0.2, 0.25) is 0 Å². The number of rotatable bonds is 4. The highest BCUT2D eigenvalue weighted by Crippen LogP contribution is 2.26. The van der Waals surface area contributed by atoms with Crippen molar-refractivity contribution in [2.24, 2.45) is 5.92 Å². The quantitative estimate of drug-likeness (QED) is 0.332. The highest BCUT2D eigenvalue weighted by molar-refractivity contribution is 6.30. The van der Waals surface area contributed by atoms with E-state index in [1.807, 2.05) is 48.7 Å². The fraction of sp³-hybridized carbons (Fsp3) is 0.241. The van der Waals surface area contributed by atoms with E-state index in [9.17, 15) is 0 Å². The zero-order valence-electron chi connectivity index (χ0n) is 18.7. The summed E-state index contributed by atoms with van der Waals surface area (Å²) in [6.45, 7) is 3.16. The van der Waals surface area contributed by atoms with E-state index in [0.29, 0.717) is 0 Å². The van der Waals surface area contributed by atoms with Crippen molar-refractivity contribution in [3.05, 3.63) is 88.7 Å². The minimum Gasteiger partial charge on any atom is -0.370 e. The predicted octanol–water partition coefficient (Wildman–Crippen LogP) is 7.26. The molecule has 2 aromatic carbocycles. The van der Waals surface area contributed by atoms with Crippen LogP contribution in [-0.2, 0) is 0 Å². The van der Waals surface area contributed by atoms with Crippen molar-refractivity contribution in [1.29, 1.82) is 0 Å². The van der Waals surface area contributed by atoms with Crippen LogP contribution in [0, 0.1) is 24.7 Å². The van der Waals surface area contributed by atoms with Crippen molar-refractivity contribution >= 4 is 28.3 Å². The van der Waals surface area contributed by atoms with Gasteiger partial charge >= 0.3 is 0 Å². The molecule has 2 heterocycles. The highest BCUT2D eigenvalue weighted by atomic mass is 35.5. The Morgan fingerprint density at radius 2 is 1.73 bits per heavy atom. The molecule has 0 radical (unpaired) electrons. The van der Waals surface area contributed by atoms with E-state index < -0.39 is 0 Å². The van der Waals surface area contributed by atoms with Crippen LogP contribution in [0.3, 0.4) is 0 Å². The molecule has 1 fully saturated rings. The van der Waals surface area contributed by atoms with Crippen molar-refractivity contribution in [2.45, 2.75) is 32.6 Å². The van der Waals surface area contributed by atoms with E-state index >= 15 is 0 Å². The van der Waals surface area contributed by atoms with Crippen LogP contribution in [0.15, 0.2) is 66.9 Å². The lowest BCUT2D eigenvalue weighted by Gasteiger charge is -2.13. The van der Waals surface area contributed by atoms with E-state index in [1.54, 1.807) is 0 Å². The lowest BCUT2D eigenvalue weighted by atomic mass is 10.1. The van der Waals surface area contributed by atoms with E-state index in [2.05, 4.69) is 47.3 Å². The molecule has 2 aromatic heterocycles. The minimum absolute atomic E-state index is 0.728. The van der Waals surface area contributed by atoms with Gasteiger partial charge in [-0.15, -0.1) is 0 Å². The summed E-state index contributed by atoms with van der Waals surface area (Å²) < 4.78 is 0. The Morgan fingerprint density at radius 1 is 0.939 bits per heavy atom. The van der Waals surface area contributed by atoms with Gasteiger partial charge in [-0.25, -0.2) is 9.97 Å². The molecule has 3 nitrogen and oxygen atoms in total. The van der Waals surface area contributed by atoms with Crippen molar-refractivity contribution in [2.75, 3.05) is 11.9 Å². The van der Waals surface area contributed by atoms with Crippen LogP contribution >= 0.6 is 11.6 Å². The summed E-state index contributed by atoms with van der Waals surface area (Å²) in [4.78, 5) is 9.33. The van der Waals surface area contributed by atoms with Gasteiger partial charge in [-0.05, 0) is 85.2 Å². The molecule has 0 aliphatic heterocycles. The number of benzene rings is 2. The first-order valence-electron chi connectivity index (χ1n) is 11.5. The number of hydrogen-bond acceptors (Lipinski definition) is 3. The summed E-state index contributed by atoms with van der Waals surface area (Å²) in [7, 11) is 0. The standard InChI is InChI=1S/C29H26ClN3/c1-20-16-29(32-18-22-4-2-3-5-22)33-28-15-7-21(17-27(20)28)6-13-26-14-10-24(19-31-26)23-8-11-25(30)12-9-23/h7-12,14-17,19,22H,2-5,18H2,1H3,(H,32,33). The van der Waals surface area contributed by atoms with Crippen molar-refractivity contribution in [1.82, 2.24) is 9.97 Å². The Hall–Kier alpha value is -3.35. The number of aryl methyl sites for hydroxylation is 1. The number of anilines is 1. The molecule has 4 heteroatoms. The molecule has 0 amide bonds. The average molecular weight is 452 g/mol. The fourth-order valence-electron chi connectivity index (χ4n) is 4.44. The summed E-state index contributed by atoms with van der Waals surface area (Å²) in [6, 6.07) is 20.1. The molecular weight excluding hydrogens is 426 g/mol. The van der Waals surface area contributed by atoms with Crippen molar-refractivity contribution < 1.29 is 0 Å². The molecular formula is C29H26ClN3. The second kappa shape index (κ2) is 9.65. The molecule has 1 saturated carbocycles. The maximum atomic E-state index is 5.98. The molecule has 0 spiro atoms. The maximum Gasteiger partial charge on any atom is 0.126 e. The van der Waals surface area contributed by atoms with E-state index in [-0.39, 0.29) is 0 Å². The molecule has 1 aliphatic rings. The first-order valence-corrected chi connectivity index (χ1v) is 11.9. The van der Waals surface area contributed by atoms with Crippen LogP contribution in [0.2, 0.25) is 5.02 Å². The summed E-state index contributed by atoms with van der Waals surface area (Å²) >= 11 is 5.98. The smallest absolute Gasteiger partial charge is 0.126 e. The minimum atomic E-state index is 0.728. The second-order valence-corrected chi connectivity index (χ2v) is 9.21. The van der Waals surface area contributed by atoms with Gasteiger partial charge in [-0.3, -0.25) is 0 Å². The van der Waals surface area contributed by atoms with Gasteiger partial charge in [0.05, 0.1) is 5.52 Å². The molecule has 164 valence electrons. The lowest BCUT2D eigenvalue weighted by molar-refractivity contribution is 0.579. The van der Waals surface area contributed by atoms with Crippen LogP contribution in [0.1, 0.15) is 42.5 Å². The second-order valence-electron chi connectivity index (χ2n) is 8.78. The maximum absolute atomic E-state index is 5.98. The third-order valence-corrected chi connectivity index (χ3v) is 6.59. The Bertz CT molecular complexity index is 1330. The number of pyridine rings is 2. The van der Waals surface area contributed by atoms with E-state index in [1.165, 1.54) is 31.2 Å². The largest absolute Gasteiger partial charge is 0.370 e. The fourth-order valence-corrected chi connectivity index (χ4v) is 4.57. The molecule has 0 unspecified atom stereocenters. The van der Waals surface area contributed by atoms with Gasteiger partial charge in [-0.1, -0.05) is 48.6 Å². The Kier molecular flexibility index (Phi) is 6.28. The van der Waals surface area contributed by atoms with Crippen LogP contribution in [-0.4, -0.2) is 16.5 Å². The summed E-state index contributed by atoms with van der Waals surface area (Å²) in [5.41, 5.74) is 6.04. The van der Waals surface area contributed by atoms with Crippen LogP contribution in [0.25, 0.3) is 22.0 Å². The zero-order chi connectivity index (χ0) is 22.6. The summed E-state index contributed by atoms with van der Waals surface area (Å²) in [6.07, 6.45) is 7.24. The molecule has 0 saturated heterocycles. The van der Waals surface area contributed by atoms with Gasteiger partial charge in [0.25, 0.3) is 0 Å². The van der Waals surface area contributed by atoms with E-state index in [4.69, 9.17) is 16.6 Å². The van der Waals surface area contributed by atoms with Gasteiger partial charge in [0, 0.05) is 34.3 Å². The number of aromatic nitrogens is 2. The Labute approximate surface area is 200 Å². The Morgan fingerprint density at radius 3 is 2.48 bits per heavy atom. The topological polar surface area (TPSA) is 37.8 Å². The first-order chi connectivity index (χ1) is 16.1. The van der Waals surface area contributed by atoms with Crippen molar-refractivity contribution in [3.63, 3.8) is 0 Å². The molecule has 33 heavy (non-hydrogen) atoms. The number of fused-ring (bicyclic) bond motifs is 1. The third-order valence-electron chi connectivity index (χ3n) is 6.34. The summed E-state index contributed by atoms with van der Waals surface area (Å²) in [5, 5.41) is 5.41. The molecule has 1 N–H and O–H groups in total. The SMILES string of the molecule is Cc1cc(NCC2CCCC2)nc2ccc(C#Cc3ccc(-c4ccc(Cl)cc4)cn3)cc12. The molecule has 0 bridgehead atoms.